The van der Waals surface area contributed by atoms with Crippen LogP contribution in [0.1, 0.15) is 29.4 Å². The molecule has 1 aromatic carbocycles. The van der Waals surface area contributed by atoms with Gasteiger partial charge >= 0.3 is 18.0 Å². The van der Waals surface area contributed by atoms with Crippen molar-refractivity contribution in [3.05, 3.63) is 41.5 Å². The number of anilines is 1. The molecule has 14 heteroatoms. The van der Waals surface area contributed by atoms with Crippen molar-refractivity contribution >= 4 is 35.4 Å². The van der Waals surface area contributed by atoms with Gasteiger partial charge in [0.25, 0.3) is 5.91 Å². The number of nitrogens with zero attached hydrogens (tertiary/aromatic N) is 2. The molecule has 1 aromatic heterocycles. The molecule has 0 radical (unpaired) electrons. The second kappa shape index (κ2) is 10.8. The molecule has 2 aliphatic rings. The highest BCUT2D eigenvalue weighted by Gasteiger charge is 2.40. The average Bonchev–Trinajstić information content (AvgIpc) is 3.15. The summed E-state index contributed by atoms with van der Waals surface area (Å²) in [5.41, 5.74) is 1.10. The van der Waals surface area contributed by atoms with Gasteiger partial charge in [0.2, 0.25) is 0 Å². The molecular formula is C24H27F4N5O4S. The van der Waals surface area contributed by atoms with Crippen LogP contribution in [0.4, 0.5) is 23.2 Å². The highest BCUT2D eigenvalue weighted by molar-refractivity contribution is 7.97. The zero-order chi connectivity index (χ0) is 27.8. The van der Waals surface area contributed by atoms with E-state index in [1.54, 1.807) is 30.1 Å². The minimum atomic E-state index is -4.65. The first-order chi connectivity index (χ1) is 17.8. The van der Waals surface area contributed by atoms with Crippen molar-refractivity contribution in [1.82, 2.24) is 19.5 Å². The van der Waals surface area contributed by atoms with Crippen molar-refractivity contribution in [2.45, 2.75) is 43.4 Å². The van der Waals surface area contributed by atoms with Gasteiger partial charge in [0.15, 0.2) is 11.4 Å². The number of likely N-dealkylation sites (tertiary alicyclic amines) is 1. The second-order valence-electron chi connectivity index (χ2n) is 9.37. The molecule has 0 aliphatic carbocycles. The van der Waals surface area contributed by atoms with E-state index in [1.807, 2.05) is 0 Å². The number of benzene rings is 1. The molecule has 2 aliphatic heterocycles. The number of rotatable bonds is 3. The van der Waals surface area contributed by atoms with E-state index in [0.29, 0.717) is 28.3 Å². The van der Waals surface area contributed by atoms with Crippen molar-refractivity contribution < 1.29 is 36.7 Å². The van der Waals surface area contributed by atoms with Crippen molar-refractivity contribution in [3.63, 3.8) is 0 Å². The van der Waals surface area contributed by atoms with Crippen LogP contribution in [0.5, 0.6) is 5.75 Å². The quantitative estimate of drug-likeness (QED) is 0.305. The van der Waals surface area contributed by atoms with Gasteiger partial charge in [-0.15, -0.1) is 0 Å². The zero-order valence-electron chi connectivity index (χ0n) is 20.8. The van der Waals surface area contributed by atoms with Crippen LogP contribution in [0.3, 0.4) is 0 Å². The minimum Gasteiger partial charge on any atom is -0.490 e. The number of halogens is 4. The lowest BCUT2D eigenvalue weighted by Crippen LogP contribution is -2.57. The number of nitrogens with one attached hydrogen (secondary N) is 3. The number of aryl methyl sites for hydroxylation is 2. The molecule has 0 saturated carbocycles. The third kappa shape index (κ3) is 5.90. The van der Waals surface area contributed by atoms with Gasteiger partial charge < -0.3 is 24.8 Å². The van der Waals surface area contributed by atoms with Gasteiger partial charge in [-0.05, 0) is 56.0 Å². The predicted molar refractivity (Wildman–Crippen MR) is 131 cm³/mol. The van der Waals surface area contributed by atoms with Crippen molar-refractivity contribution in [3.8, 4) is 5.75 Å². The molecule has 3 heterocycles. The molecule has 3 atom stereocenters. The highest BCUT2D eigenvalue weighted by atomic mass is 32.2. The van der Waals surface area contributed by atoms with E-state index >= 15 is 0 Å². The monoisotopic (exact) mass is 557 g/mol. The van der Waals surface area contributed by atoms with Gasteiger partial charge in [-0.3, -0.25) is 19.1 Å². The van der Waals surface area contributed by atoms with Gasteiger partial charge in [0, 0.05) is 44.0 Å². The lowest BCUT2D eigenvalue weighted by atomic mass is 9.93. The first-order valence-electron chi connectivity index (χ1n) is 11.8. The Morgan fingerprint density at radius 1 is 1.26 bits per heavy atom. The fourth-order valence-electron chi connectivity index (χ4n) is 4.30. The maximum atomic E-state index is 13.6. The Morgan fingerprint density at radius 3 is 2.68 bits per heavy atom. The zero-order valence-corrected chi connectivity index (χ0v) is 21.6. The number of fused-ring (bicyclic) bond motifs is 2. The van der Waals surface area contributed by atoms with E-state index in [4.69, 9.17) is 4.74 Å². The Morgan fingerprint density at radius 2 is 2.00 bits per heavy atom. The van der Waals surface area contributed by atoms with E-state index in [0.717, 1.165) is 6.92 Å². The fourth-order valence-corrected chi connectivity index (χ4v) is 5.30. The first-order valence-corrected chi connectivity index (χ1v) is 12.6. The number of carbonyl (C=O) groups is 3. The Kier molecular flexibility index (Phi) is 7.93. The average molecular weight is 558 g/mol. The Labute approximate surface area is 220 Å². The van der Waals surface area contributed by atoms with Crippen molar-refractivity contribution in [2.24, 2.45) is 13.0 Å². The van der Waals surface area contributed by atoms with Crippen LogP contribution in [0.15, 0.2) is 29.3 Å². The summed E-state index contributed by atoms with van der Waals surface area (Å²) in [5.74, 6) is -2.86. The summed E-state index contributed by atoms with van der Waals surface area (Å²) in [6, 6.07) is 1.82. The van der Waals surface area contributed by atoms with Crippen LogP contribution < -0.4 is 20.1 Å². The SMILES string of the molecule is Cc1cc(NC(=O)c2c3c(cn2C)SN[C@@H]2CN(C(=O)C(=O)N[C@@H](C)C(F)(F)F)CC[C@H]2CO3)ccc1F. The summed E-state index contributed by atoms with van der Waals surface area (Å²) in [6.07, 6.45) is -2.51. The summed E-state index contributed by atoms with van der Waals surface area (Å²) >= 11 is 1.20. The molecule has 0 unspecified atom stereocenters. The predicted octanol–water partition coefficient (Wildman–Crippen LogP) is 3.00. The summed E-state index contributed by atoms with van der Waals surface area (Å²) in [7, 11) is 1.69. The molecule has 3 N–H and O–H groups in total. The number of piperidine rings is 1. The number of ether oxygens (including phenoxy) is 1. The van der Waals surface area contributed by atoms with E-state index in [2.05, 4.69) is 10.0 Å². The fraction of sp³-hybridized carbons (Fsp3) is 0.458. The van der Waals surface area contributed by atoms with Crippen LogP contribution >= 0.6 is 11.9 Å². The van der Waals surface area contributed by atoms with E-state index in [9.17, 15) is 31.9 Å². The molecule has 2 aromatic rings. The molecule has 206 valence electrons. The second-order valence-corrected chi connectivity index (χ2v) is 10.3. The van der Waals surface area contributed by atoms with Gasteiger partial charge in [-0.1, -0.05) is 0 Å². The lowest BCUT2D eigenvalue weighted by Gasteiger charge is -2.39. The molecule has 4 rings (SSSR count). The number of amides is 3. The first kappa shape index (κ1) is 27.8. The smallest absolute Gasteiger partial charge is 0.408 e. The van der Waals surface area contributed by atoms with Crippen molar-refractivity contribution in [1.29, 1.82) is 0 Å². The maximum Gasteiger partial charge on any atom is 0.408 e. The molecule has 3 amide bonds. The third-order valence-electron chi connectivity index (χ3n) is 6.57. The molecule has 9 nitrogen and oxygen atoms in total. The van der Waals surface area contributed by atoms with Crippen LogP contribution in [0.2, 0.25) is 0 Å². The normalized spacial score (nSPS) is 20.2. The number of hydrogen-bond donors (Lipinski definition) is 3. The molecule has 0 bridgehead atoms. The number of carbonyl (C=O) groups excluding carboxylic acids is 3. The van der Waals surface area contributed by atoms with E-state index < -0.39 is 29.9 Å². The van der Waals surface area contributed by atoms with Gasteiger partial charge in [0.05, 0.1) is 11.5 Å². The summed E-state index contributed by atoms with van der Waals surface area (Å²) in [6.45, 7) is 2.85. The summed E-state index contributed by atoms with van der Waals surface area (Å²) < 4.78 is 62.8. The van der Waals surface area contributed by atoms with E-state index in [-0.39, 0.29) is 43.2 Å². The third-order valence-corrected chi connectivity index (χ3v) is 7.50. The van der Waals surface area contributed by atoms with Crippen LogP contribution in [-0.2, 0) is 16.6 Å². The van der Waals surface area contributed by atoms with Crippen molar-refractivity contribution in [2.75, 3.05) is 25.0 Å². The number of aromatic nitrogens is 1. The molecule has 1 fully saturated rings. The maximum absolute atomic E-state index is 13.6. The van der Waals surface area contributed by atoms with Gasteiger partial charge in [-0.25, -0.2) is 4.39 Å². The highest BCUT2D eigenvalue weighted by Crippen LogP contribution is 2.37. The Balaban J connectivity index is 1.43. The Bertz CT molecular complexity index is 1250. The van der Waals surface area contributed by atoms with E-state index in [1.165, 1.54) is 35.0 Å². The summed E-state index contributed by atoms with van der Waals surface area (Å²) in [5, 5.41) is 4.46. The van der Waals surface area contributed by atoms with Crippen LogP contribution in [0.25, 0.3) is 0 Å². The standard InChI is InChI=1S/C24H27F4N5O4S/c1-12-8-15(4-5-16(12)25)30-21(34)19-20-18(10-32(19)3)38-31-17-9-33(7-6-14(17)11-37-20)23(36)22(35)29-13(2)24(26,27)28/h4-5,8,10,13-14,17,31H,6-7,9,11H2,1-3H3,(H,29,35)(H,30,34)/t13-,14-,17+/m0/s1. The molecule has 0 spiro atoms. The van der Waals surface area contributed by atoms with Crippen LogP contribution in [-0.4, -0.2) is 65.1 Å². The lowest BCUT2D eigenvalue weighted by molar-refractivity contribution is -0.162. The minimum absolute atomic E-state index is 0.0901. The van der Waals surface area contributed by atoms with Gasteiger partial charge in [0.1, 0.15) is 11.9 Å². The molecule has 1 saturated heterocycles. The molecule has 38 heavy (non-hydrogen) atoms. The summed E-state index contributed by atoms with van der Waals surface area (Å²) in [4.78, 5) is 39.5. The molecular weight excluding hydrogens is 530 g/mol. The topological polar surface area (TPSA) is 105 Å². The number of alkyl halides is 3. The van der Waals surface area contributed by atoms with Gasteiger partial charge in [-0.2, -0.15) is 13.2 Å². The Hall–Kier alpha value is -3.26. The number of hydrogen-bond acceptors (Lipinski definition) is 6. The van der Waals surface area contributed by atoms with Crippen LogP contribution in [0, 0.1) is 18.7 Å². The largest absolute Gasteiger partial charge is 0.490 e.